The smallest absolute Gasteiger partial charge is 0.137 e. The van der Waals surface area contributed by atoms with Crippen molar-refractivity contribution in [2.45, 2.75) is 26.7 Å². The molecule has 2 aromatic rings. The number of hydrogen-bond acceptors (Lipinski definition) is 2. The molecule has 0 heterocycles. The predicted octanol–water partition coefficient (Wildman–Crippen LogP) is 4.54. The van der Waals surface area contributed by atoms with E-state index in [2.05, 4.69) is 32.0 Å². The predicted molar refractivity (Wildman–Crippen MR) is 87.7 cm³/mol. The van der Waals surface area contributed by atoms with Crippen LogP contribution in [-0.2, 0) is 0 Å². The number of rotatable bonds is 4. The van der Waals surface area contributed by atoms with Gasteiger partial charge in [0, 0.05) is 0 Å². The third-order valence-electron chi connectivity index (χ3n) is 3.25. The molecule has 0 spiro atoms. The molecule has 0 unspecified atom stereocenters. The van der Waals surface area contributed by atoms with Crippen molar-refractivity contribution in [1.82, 2.24) is 0 Å². The number of para-hydroxylation sites is 1. The van der Waals surface area contributed by atoms with E-state index in [1.807, 2.05) is 31.2 Å². The Kier molecular flexibility index (Phi) is 4.40. The van der Waals surface area contributed by atoms with Crippen LogP contribution in [0.15, 0.2) is 42.5 Å². The van der Waals surface area contributed by atoms with Gasteiger partial charge in [-0.1, -0.05) is 50.3 Å². The van der Waals surface area contributed by atoms with Crippen molar-refractivity contribution in [2.24, 2.45) is 5.73 Å². The van der Waals surface area contributed by atoms with Crippen LogP contribution in [0.5, 0.6) is 11.5 Å². The first-order valence-electron chi connectivity index (χ1n) is 6.66. The molecular weight excluding hydrogens is 266 g/mol. The maximum absolute atomic E-state index is 6.02. The van der Waals surface area contributed by atoms with E-state index in [9.17, 15) is 0 Å². The first-order valence-corrected chi connectivity index (χ1v) is 7.07. The minimum atomic E-state index is 0.346. The van der Waals surface area contributed by atoms with Crippen LogP contribution in [0.1, 0.15) is 36.5 Å². The molecule has 20 heavy (non-hydrogen) atoms. The van der Waals surface area contributed by atoms with E-state index >= 15 is 0 Å². The van der Waals surface area contributed by atoms with E-state index in [0.29, 0.717) is 16.7 Å². The lowest BCUT2D eigenvalue weighted by molar-refractivity contribution is 0.477. The molecule has 3 heteroatoms. The lowest BCUT2D eigenvalue weighted by Gasteiger charge is -2.14. The molecule has 2 N–H and O–H groups in total. The topological polar surface area (TPSA) is 35.2 Å². The SMILES string of the molecule is Cc1ccc(C(C)C)cc1Oc1ccccc1C(N)=S. The highest BCUT2D eigenvalue weighted by Gasteiger charge is 2.10. The van der Waals surface area contributed by atoms with Crippen LogP contribution in [-0.4, -0.2) is 4.99 Å². The molecule has 0 aromatic heterocycles. The molecule has 2 rings (SSSR count). The Morgan fingerprint density at radius 2 is 1.80 bits per heavy atom. The van der Waals surface area contributed by atoms with Crippen LogP contribution in [0.25, 0.3) is 0 Å². The Morgan fingerprint density at radius 1 is 1.10 bits per heavy atom. The lowest BCUT2D eigenvalue weighted by Crippen LogP contribution is -2.10. The highest BCUT2D eigenvalue weighted by atomic mass is 32.1. The Hall–Kier alpha value is -1.87. The molecule has 0 aliphatic carbocycles. The zero-order valence-electron chi connectivity index (χ0n) is 12.0. The highest BCUT2D eigenvalue weighted by molar-refractivity contribution is 7.80. The molecule has 0 saturated heterocycles. The van der Waals surface area contributed by atoms with Crippen molar-refractivity contribution < 1.29 is 4.74 Å². The second kappa shape index (κ2) is 6.06. The van der Waals surface area contributed by atoms with Crippen molar-refractivity contribution in [3.63, 3.8) is 0 Å². The lowest BCUT2D eigenvalue weighted by atomic mass is 10.0. The molecule has 0 bridgehead atoms. The summed E-state index contributed by atoms with van der Waals surface area (Å²) in [6.45, 7) is 6.36. The van der Waals surface area contributed by atoms with Crippen molar-refractivity contribution in [3.05, 3.63) is 59.2 Å². The van der Waals surface area contributed by atoms with Gasteiger partial charge in [0.1, 0.15) is 16.5 Å². The van der Waals surface area contributed by atoms with Crippen molar-refractivity contribution in [2.75, 3.05) is 0 Å². The summed E-state index contributed by atoms with van der Waals surface area (Å²) in [5.41, 5.74) is 8.84. The molecule has 0 saturated carbocycles. The summed E-state index contributed by atoms with van der Waals surface area (Å²) in [5.74, 6) is 2.01. The molecule has 0 aliphatic heterocycles. The van der Waals surface area contributed by atoms with Crippen LogP contribution in [0.2, 0.25) is 0 Å². The average Bonchev–Trinajstić information content (AvgIpc) is 2.41. The Morgan fingerprint density at radius 3 is 2.45 bits per heavy atom. The number of hydrogen-bond donors (Lipinski definition) is 1. The van der Waals surface area contributed by atoms with E-state index in [0.717, 1.165) is 16.9 Å². The average molecular weight is 285 g/mol. The third-order valence-corrected chi connectivity index (χ3v) is 3.47. The fourth-order valence-electron chi connectivity index (χ4n) is 1.96. The van der Waals surface area contributed by atoms with Gasteiger partial charge in [-0.15, -0.1) is 0 Å². The Labute approximate surface area is 125 Å². The number of nitrogens with two attached hydrogens (primary N) is 1. The number of thiocarbonyl (C=S) groups is 1. The van der Waals surface area contributed by atoms with Gasteiger partial charge in [-0.05, 0) is 42.2 Å². The van der Waals surface area contributed by atoms with Crippen LogP contribution < -0.4 is 10.5 Å². The largest absolute Gasteiger partial charge is 0.456 e. The van der Waals surface area contributed by atoms with Crippen LogP contribution >= 0.6 is 12.2 Å². The molecular formula is C17H19NOS. The molecule has 0 radical (unpaired) electrons. The van der Waals surface area contributed by atoms with E-state index in [1.54, 1.807) is 0 Å². The highest BCUT2D eigenvalue weighted by Crippen LogP contribution is 2.30. The standard InChI is InChI=1S/C17H19NOS/c1-11(2)13-9-8-12(3)16(10-13)19-15-7-5-4-6-14(15)17(18)20/h4-11H,1-3H3,(H2,18,20). The fraction of sp³-hybridized carbons (Fsp3) is 0.235. The Balaban J connectivity index is 2.40. The molecule has 0 atom stereocenters. The molecule has 0 aliphatic rings. The normalized spacial score (nSPS) is 10.6. The summed E-state index contributed by atoms with van der Waals surface area (Å²) >= 11 is 5.06. The number of aryl methyl sites for hydroxylation is 1. The minimum absolute atomic E-state index is 0.346. The number of benzene rings is 2. The molecule has 2 nitrogen and oxygen atoms in total. The summed E-state index contributed by atoms with van der Waals surface area (Å²) in [6, 6.07) is 13.9. The third kappa shape index (κ3) is 3.17. The summed E-state index contributed by atoms with van der Waals surface area (Å²) in [4.78, 5) is 0.346. The summed E-state index contributed by atoms with van der Waals surface area (Å²) < 4.78 is 6.02. The van der Waals surface area contributed by atoms with E-state index in [1.165, 1.54) is 5.56 Å². The van der Waals surface area contributed by atoms with Gasteiger partial charge in [-0.2, -0.15) is 0 Å². The maximum Gasteiger partial charge on any atom is 0.137 e. The molecule has 0 amide bonds. The minimum Gasteiger partial charge on any atom is -0.456 e. The van der Waals surface area contributed by atoms with Crippen molar-refractivity contribution in [1.29, 1.82) is 0 Å². The van der Waals surface area contributed by atoms with E-state index in [4.69, 9.17) is 22.7 Å². The van der Waals surface area contributed by atoms with E-state index < -0.39 is 0 Å². The van der Waals surface area contributed by atoms with Gasteiger partial charge in [0.25, 0.3) is 0 Å². The summed E-state index contributed by atoms with van der Waals surface area (Å²) in [7, 11) is 0. The van der Waals surface area contributed by atoms with Crippen molar-refractivity contribution >= 4 is 17.2 Å². The molecule has 2 aromatic carbocycles. The zero-order chi connectivity index (χ0) is 14.7. The van der Waals surface area contributed by atoms with Crippen LogP contribution in [0.3, 0.4) is 0 Å². The van der Waals surface area contributed by atoms with Crippen molar-refractivity contribution in [3.8, 4) is 11.5 Å². The van der Waals surface area contributed by atoms with Gasteiger partial charge >= 0.3 is 0 Å². The Bertz CT molecular complexity index is 635. The van der Waals surface area contributed by atoms with Gasteiger partial charge in [-0.3, -0.25) is 0 Å². The quantitative estimate of drug-likeness (QED) is 0.837. The van der Waals surface area contributed by atoms with Gasteiger partial charge in [0.15, 0.2) is 0 Å². The van der Waals surface area contributed by atoms with Gasteiger partial charge in [-0.25, -0.2) is 0 Å². The second-order valence-electron chi connectivity index (χ2n) is 5.14. The fourth-order valence-corrected chi connectivity index (χ4v) is 2.13. The van der Waals surface area contributed by atoms with E-state index in [-0.39, 0.29) is 0 Å². The first-order chi connectivity index (χ1) is 9.49. The zero-order valence-corrected chi connectivity index (χ0v) is 12.8. The second-order valence-corrected chi connectivity index (χ2v) is 5.58. The van der Waals surface area contributed by atoms with Gasteiger partial charge < -0.3 is 10.5 Å². The van der Waals surface area contributed by atoms with Gasteiger partial charge in [0.2, 0.25) is 0 Å². The monoisotopic (exact) mass is 285 g/mol. The summed E-state index contributed by atoms with van der Waals surface area (Å²) in [6.07, 6.45) is 0. The van der Waals surface area contributed by atoms with Gasteiger partial charge in [0.05, 0.1) is 5.56 Å². The molecule has 0 fully saturated rings. The number of ether oxygens (including phenoxy) is 1. The molecule has 104 valence electrons. The summed E-state index contributed by atoms with van der Waals surface area (Å²) in [5, 5.41) is 0. The maximum atomic E-state index is 6.02. The first kappa shape index (κ1) is 14.5. The van der Waals surface area contributed by atoms with Crippen LogP contribution in [0.4, 0.5) is 0 Å². The van der Waals surface area contributed by atoms with Crippen LogP contribution in [0, 0.1) is 6.92 Å².